The molecule has 2 N–H and O–H groups in total. The number of thiazole rings is 1. The zero-order chi connectivity index (χ0) is 13.8. The number of aromatic nitrogens is 1. The highest BCUT2D eigenvalue weighted by atomic mass is 32.1. The number of rotatable bonds is 4. The highest BCUT2D eigenvalue weighted by molar-refractivity contribution is 7.07. The average Bonchev–Trinajstić information content (AvgIpc) is 2.89. The largest absolute Gasteiger partial charge is 0.507 e. The van der Waals surface area contributed by atoms with Crippen LogP contribution in [0.4, 0.5) is 0 Å². The van der Waals surface area contributed by atoms with Crippen LogP contribution in [0.1, 0.15) is 27.2 Å². The second-order valence-electron chi connectivity index (χ2n) is 4.46. The second-order valence-corrected chi connectivity index (χ2v) is 5.18. The number of nitrogens with one attached hydrogen (secondary N) is 1. The molecule has 19 heavy (non-hydrogen) atoms. The van der Waals surface area contributed by atoms with Crippen molar-refractivity contribution in [3.63, 3.8) is 0 Å². The zero-order valence-electron chi connectivity index (χ0n) is 10.9. The van der Waals surface area contributed by atoms with Crippen LogP contribution < -0.4 is 5.32 Å². The normalized spacial score (nSPS) is 10.4. The van der Waals surface area contributed by atoms with E-state index in [0.717, 1.165) is 23.1 Å². The van der Waals surface area contributed by atoms with Crippen molar-refractivity contribution >= 4 is 17.2 Å². The quantitative estimate of drug-likeness (QED) is 0.901. The van der Waals surface area contributed by atoms with E-state index in [4.69, 9.17) is 0 Å². The van der Waals surface area contributed by atoms with E-state index in [1.54, 1.807) is 10.9 Å². The molecule has 0 saturated carbocycles. The van der Waals surface area contributed by atoms with Crippen LogP contribution in [0.15, 0.2) is 23.0 Å². The van der Waals surface area contributed by atoms with Crippen molar-refractivity contribution in [2.45, 2.75) is 20.3 Å². The molecule has 0 aliphatic carbocycles. The Bertz CT molecular complexity index is 556. The van der Waals surface area contributed by atoms with E-state index in [1.807, 2.05) is 26.0 Å². The molecule has 1 aromatic carbocycles. The van der Waals surface area contributed by atoms with Crippen LogP contribution in [0, 0.1) is 13.8 Å². The van der Waals surface area contributed by atoms with E-state index < -0.39 is 0 Å². The number of aryl methyl sites for hydroxylation is 2. The van der Waals surface area contributed by atoms with Crippen molar-refractivity contribution in [1.82, 2.24) is 10.3 Å². The first-order valence-corrected chi connectivity index (χ1v) is 6.97. The van der Waals surface area contributed by atoms with Gasteiger partial charge in [-0.05, 0) is 37.0 Å². The van der Waals surface area contributed by atoms with Gasteiger partial charge in [-0.3, -0.25) is 4.79 Å². The van der Waals surface area contributed by atoms with Crippen molar-refractivity contribution in [3.8, 4) is 5.75 Å². The molecule has 0 saturated heterocycles. The maximum Gasteiger partial charge on any atom is 0.270 e. The Hall–Kier alpha value is -1.88. The highest BCUT2D eigenvalue weighted by Crippen LogP contribution is 2.22. The van der Waals surface area contributed by atoms with Gasteiger partial charge in [0.25, 0.3) is 5.91 Å². The summed E-state index contributed by atoms with van der Waals surface area (Å²) in [6.45, 7) is 4.30. The van der Waals surface area contributed by atoms with Gasteiger partial charge >= 0.3 is 0 Å². The summed E-state index contributed by atoms with van der Waals surface area (Å²) in [5, 5.41) is 14.2. The third-order valence-corrected chi connectivity index (χ3v) is 3.50. The van der Waals surface area contributed by atoms with Gasteiger partial charge in [0.1, 0.15) is 11.4 Å². The first-order chi connectivity index (χ1) is 9.08. The van der Waals surface area contributed by atoms with Gasteiger partial charge in [-0.2, -0.15) is 0 Å². The summed E-state index contributed by atoms with van der Waals surface area (Å²) in [5.41, 5.74) is 4.93. The molecule has 0 unspecified atom stereocenters. The van der Waals surface area contributed by atoms with E-state index in [-0.39, 0.29) is 5.91 Å². The molecule has 1 amide bonds. The Morgan fingerprint density at radius 3 is 2.63 bits per heavy atom. The molecule has 0 aliphatic rings. The summed E-state index contributed by atoms with van der Waals surface area (Å²) in [5.74, 6) is 0.198. The van der Waals surface area contributed by atoms with E-state index >= 15 is 0 Å². The van der Waals surface area contributed by atoms with Crippen LogP contribution >= 0.6 is 11.3 Å². The van der Waals surface area contributed by atoms with E-state index in [0.29, 0.717) is 18.0 Å². The molecule has 0 bridgehead atoms. The number of aromatic hydroxyl groups is 1. The number of benzene rings is 1. The van der Waals surface area contributed by atoms with Crippen molar-refractivity contribution in [3.05, 3.63) is 45.4 Å². The Labute approximate surface area is 116 Å². The van der Waals surface area contributed by atoms with Gasteiger partial charge in [-0.1, -0.05) is 12.1 Å². The Morgan fingerprint density at radius 2 is 2.05 bits per heavy atom. The Morgan fingerprint density at radius 1 is 1.37 bits per heavy atom. The predicted octanol–water partition coefficient (Wildman–Crippen LogP) is 2.44. The Kier molecular flexibility index (Phi) is 4.16. The molecule has 0 spiro atoms. The van der Waals surface area contributed by atoms with Crippen LogP contribution in [-0.2, 0) is 6.42 Å². The number of hydrogen-bond donors (Lipinski definition) is 2. The number of phenolic OH excluding ortho intramolecular Hbond substituents is 1. The van der Waals surface area contributed by atoms with Gasteiger partial charge in [0.15, 0.2) is 0 Å². The van der Waals surface area contributed by atoms with Gasteiger partial charge < -0.3 is 10.4 Å². The van der Waals surface area contributed by atoms with Crippen molar-refractivity contribution in [2.24, 2.45) is 0 Å². The van der Waals surface area contributed by atoms with Gasteiger partial charge in [0.2, 0.25) is 0 Å². The lowest BCUT2D eigenvalue weighted by Crippen LogP contribution is -2.25. The SMILES string of the molecule is Cc1cc(CCNC(=O)c2cscn2)cc(C)c1O. The third kappa shape index (κ3) is 3.32. The molecule has 5 heteroatoms. The monoisotopic (exact) mass is 276 g/mol. The summed E-state index contributed by atoms with van der Waals surface area (Å²) in [4.78, 5) is 15.6. The van der Waals surface area contributed by atoms with Crippen molar-refractivity contribution in [1.29, 1.82) is 0 Å². The molecule has 0 radical (unpaired) electrons. The lowest BCUT2D eigenvalue weighted by molar-refractivity contribution is 0.0950. The summed E-state index contributed by atoms with van der Waals surface area (Å²) in [6, 6.07) is 3.88. The topological polar surface area (TPSA) is 62.2 Å². The predicted molar refractivity (Wildman–Crippen MR) is 75.7 cm³/mol. The van der Waals surface area contributed by atoms with Crippen molar-refractivity contribution in [2.75, 3.05) is 6.54 Å². The number of amides is 1. The van der Waals surface area contributed by atoms with Crippen LogP contribution in [-0.4, -0.2) is 22.5 Å². The molecule has 1 aromatic heterocycles. The molecule has 100 valence electrons. The lowest BCUT2D eigenvalue weighted by Gasteiger charge is -2.08. The van der Waals surface area contributed by atoms with Crippen molar-refractivity contribution < 1.29 is 9.90 Å². The smallest absolute Gasteiger partial charge is 0.270 e. The summed E-state index contributed by atoms with van der Waals surface area (Å²) in [6.07, 6.45) is 0.734. The molecule has 1 heterocycles. The standard InChI is InChI=1S/C14H16N2O2S/c1-9-5-11(6-10(2)13(9)17)3-4-15-14(18)12-7-19-8-16-12/h5-8,17H,3-4H2,1-2H3,(H,15,18). The summed E-state index contributed by atoms with van der Waals surface area (Å²) in [7, 11) is 0. The van der Waals surface area contributed by atoms with Crippen LogP contribution in [0.3, 0.4) is 0 Å². The maximum absolute atomic E-state index is 11.7. The fraction of sp³-hybridized carbons (Fsp3) is 0.286. The molecule has 2 aromatic rings. The number of hydrogen-bond acceptors (Lipinski definition) is 4. The maximum atomic E-state index is 11.7. The van der Waals surface area contributed by atoms with E-state index in [9.17, 15) is 9.90 Å². The molecule has 2 rings (SSSR count). The molecule has 0 fully saturated rings. The molecular weight excluding hydrogens is 260 g/mol. The molecule has 4 nitrogen and oxygen atoms in total. The Balaban J connectivity index is 1.91. The number of carbonyl (C=O) groups is 1. The average molecular weight is 276 g/mol. The molecule has 0 atom stereocenters. The number of carbonyl (C=O) groups excluding carboxylic acids is 1. The lowest BCUT2D eigenvalue weighted by atomic mass is 10.0. The second kappa shape index (κ2) is 5.84. The van der Waals surface area contributed by atoms with Gasteiger partial charge in [0.05, 0.1) is 5.51 Å². The van der Waals surface area contributed by atoms with E-state index in [1.165, 1.54) is 11.3 Å². The van der Waals surface area contributed by atoms with Gasteiger partial charge in [-0.15, -0.1) is 11.3 Å². The van der Waals surface area contributed by atoms with E-state index in [2.05, 4.69) is 10.3 Å². The first-order valence-electron chi connectivity index (χ1n) is 6.03. The molecule has 0 aliphatic heterocycles. The minimum absolute atomic E-state index is 0.145. The fourth-order valence-corrected chi connectivity index (χ4v) is 2.46. The minimum atomic E-state index is -0.145. The molecular formula is C14H16N2O2S. The number of nitrogens with zero attached hydrogens (tertiary/aromatic N) is 1. The highest BCUT2D eigenvalue weighted by Gasteiger charge is 2.07. The van der Waals surface area contributed by atoms with Crippen LogP contribution in [0.25, 0.3) is 0 Å². The van der Waals surface area contributed by atoms with Gasteiger partial charge in [0, 0.05) is 11.9 Å². The third-order valence-electron chi connectivity index (χ3n) is 2.92. The summed E-state index contributed by atoms with van der Waals surface area (Å²) >= 11 is 1.40. The first kappa shape index (κ1) is 13.5. The zero-order valence-corrected chi connectivity index (χ0v) is 11.8. The van der Waals surface area contributed by atoms with Crippen LogP contribution in [0.5, 0.6) is 5.75 Å². The summed E-state index contributed by atoms with van der Waals surface area (Å²) < 4.78 is 0. The fourth-order valence-electron chi connectivity index (χ4n) is 1.93. The minimum Gasteiger partial charge on any atom is -0.507 e. The van der Waals surface area contributed by atoms with Gasteiger partial charge in [-0.25, -0.2) is 4.98 Å². The number of phenols is 1. The van der Waals surface area contributed by atoms with Crippen LogP contribution in [0.2, 0.25) is 0 Å².